The van der Waals surface area contributed by atoms with Crippen LogP contribution in [-0.2, 0) is 4.79 Å². The lowest BCUT2D eigenvalue weighted by molar-refractivity contribution is -0.384. The number of nitrogens with zero attached hydrogens (tertiary/aromatic N) is 1. The third kappa shape index (κ3) is 4.96. The van der Waals surface area contributed by atoms with Crippen molar-refractivity contribution < 1.29 is 14.8 Å². The van der Waals surface area contributed by atoms with Crippen molar-refractivity contribution in [3.8, 4) is 0 Å². The van der Waals surface area contributed by atoms with E-state index in [0.717, 1.165) is 12.1 Å². The molecule has 0 aromatic heterocycles. The van der Waals surface area contributed by atoms with Crippen LogP contribution in [0.2, 0.25) is 0 Å². The van der Waals surface area contributed by atoms with Crippen LogP contribution < -0.4 is 5.32 Å². The Morgan fingerprint density at radius 2 is 1.94 bits per heavy atom. The van der Waals surface area contributed by atoms with Crippen LogP contribution in [-0.4, -0.2) is 22.5 Å². The highest BCUT2D eigenvalue weighted by Crippen LogP contribution is 2.15. The fourth-order valence-electron chi connectivity index (χ4n) is 1.33. The summed E-state index contributed by atoms with van der Waals surface area (Å²) in [7, 11) is 0. The monoisotopic (exact) mass is 238 g/mol. The van der Waals surface area contributed by atoms with Gasteiger partial charge < -0.3 is 10.4 Å². The SMILES string of the molecule is O=C(O)CCCCNc1ccc([N+](=O)[O-])cc1. The van der Waals surface area contributed by atoms with Gasteiger partial charge in [-0.1, -0.05) is 0 Å². The van der Waals surface area contributed by atoms with Crippen molar-refractivity contribution in [1.29, 1.82) is 0 Å². The number of benzene rings is 1. The van der Waals surface area contributed by atoms with Gasteiger partial charge in [-0.25, -0.2) is 0 Å². The van der Waals surface area contributed by atoms with E-state index in [-0.39, 0.29) is 12.1 Å². The number of carbonyl (C=O) groups is 1. The molecule has 1 rings (SSSR count). The number of unbranched alkanes of at least 4 members (excludes halogenated alkanes) is 1. The van der Waals surface area contributed by atoms with Crippen LogP contribution >= 0.6 is 0 Å². The summed E-state index contributed by atoms with van der Waals surface area (Å²) in [5.41, 5.74) is 0.854. The summed E-state index contributed by atoms with van der Waals surface area (Å²) in [5.74, 6) is -0.791. The van der Waals surface area contributed by atoms with E-state index in [4.69, 9.17) is 5.11 Å². The van der Waals surface area contributed by atoms with E-state index in [1.54, 1.807) is 12.1 Å². The summed E-state index contributed by atoms with van der Waals surface area (Å²) in [6, 6.07) is 6.13. The Bertz CT molecular complexity index is 389. The number of rotatable bonds is 7. The van der Waals surface area contributed by atoms with Crippen LogP contribution in [0.5, 0.6) is 0 Å². The summed E-state index contributed by atoms with van der Waals surface area (Å²) < 4.78 is 0. The molecule has 2 N–H and O–H groups in total. The molecule has 0 fully saturated rings. The standard InChI is InChI=1S/C11H14N2O4/c14-11(15)3-1-2-8-12-9-4-6-10(7-5-9)13(16)17/h4-7,12H,1-3,8H2,(H,14,15). The van der Waals surface area contributed by atoms with Gasteiger partial charge in [0, 0.05) is 30.8 Å². The van der Waals surface area contributed by atoms with Gasteiger partial charge in [0.05, 0.1) is 4.92 Å². The molecular weight excluding hydrogens is 224 g/mol. The van der Waals surface area contributed by atoms with Crippen molar-refractivity contribution in [1.82, 2.24) is 0 Å². The lowest BCUT2D eigenvalue weighted by atomic mass is 10.2. The van der Waals surface area contributed by atoms with Crippen LogP contribution in [0.3, 0.4) is 0 Å². The molecule has 1 aromatic rings. The van der Waals surface area contributed by atoms with E-state index in [0.29, 0.717) is 13.0 Å². The molecule has 0 spiro atoms. The minimum atomic E-state index is -0.791. The molecular formula is C11H14N2O4. The minimum Gasteiger partial charge on any atom is -0.481 e. The van der Waals surface area contributed by atoms with E-state index >= 15 is 0 Å². The third-order valence-corrected chi connectivity index (χ3v) is 2.22. The summed E-state index contributed by atoms with van der Waals surface area (Å²) in [6.45, 7) is 0.658. The van der Waals surface area contributed by atoms with Crippen LogP contribution in [0.4, 0.5) is 11.4 Å². The van der Waals surface area contributed by atoms with Crippen molar-refractivity contribution in [2.75, 3.05) is 11.9 Å². The molecule has 0 aliphatic heterocycles. The highest BCUT2D eigenvalue weighted by Gasteiger charge is 2.03. The largest absolute Gasteiger partial charge is 0.481 e. The molecule has 92 valence electrons. The maximum Gasteiger partial charge on any atom is 0.303 e. The number of anilines is 1. The van der Waals surface area contributed by atoms with Crippen LogP contribution in [0.1, 0.15) is 19.3 Å². The average Bonchev–Trinajstić information content (AvgIpc) is 2.29. The molecule has 0 saturated carbocycles. The first-order chi connectivity index (χ1) is 8.09. The van der Waals surface area contributed by atoms with Crippen molar-refractivity contribution in [3.63, 3.8) is 0 Å². The fourth-order valence-corrected chi connectivity index (χ4v) is 1.33. The minimum absolute atomic E-state index is 0.0569. The molecule has 0 saturated heterocycles. The first-order valence-corrected chi connectivity index (χ1v) is 5.29. The van der Waals surface area contributed by atoms with E-state index in [1.807, 2.05) is 0 Å². The number of hydrogen-bond donors (Lipinski definition) is 2. The normalized spacial score (nSPS) is 9.88. The molecule has 0 radical (unpaired) electrons. The number of aliphatic carboxylic acids is 1. The molecule has 1 aromatic carbocycles. The predicted molar refractivity (Wildman–Crippen MR) is 63.1 cm³/mol. The molecule has 0 aliphatic carbocycles. The molecule has 0 heterocycles. The zero-order valence-corrected chi connectivity index (χ0v) is 9.26. The van der Waals surface area contributed by atoms with Gasteiger partial charge in [0.2, 0.25) is 0 Å². The second-order valence-corrected chi connectivity index (χ2v) is 3.58. The Morgan fingerprint density at radius 1 is 1.29 bits per heavy atom. The van der Waals surface area contributed by atoms with Crippen LogP contribution in [0.25, 0.3) is 0 Å². The van der Waals surface area contributed by atoms with Crippen molar-refractivity contribution >= 4 is 17.3 Å². The van der Waals surface area contributed by atoms with Gasteiger partial charge in [0.1, 0.15) is 0 Å². The lowest BCUT2D eigenvalue weighted by Crippen LogP contribution is -2.03. The smallest absolute Gasteiger partial charge is 0.303 e. The van der Waals surface area contributed by atoms with Crippen molar-refractivity contribution in [3.05, 3.63) is 34.4 Å². The van der Waals surface area contributed by atoms with E-state index in [1.165, 1.54) is 12.1 Å². The Kier molecular flexibility index (Phi) is 4.93. The average molecular weight is 238 g/mol. The summed E-state index contributed by atoms with van der Waals surface area (Å²) in [4.78, 5) is 20.2. The van der Waals surface area contributed by atoms with E-state index < -0.39 is 10.9 Å². The van der Waals surface area contributed by atoms with Gasteiger partial charge in [-0.05, 0) is 25.0 Å². The van der Waals surface area contributed by atoms with Crippen molar-refractivity contribution in [2.24, 2.45) is 0 Å². The summed E-state index contributed by atoms with van der Waals surface area (Å²) in [5, 5.41) is 21.9. The van der Waals surface area contributed by atoms with Gasteiger partial charge in [0.25, 0.3) is 5.69 Å². The topological polar surface area (TPSA) is 92.5 Å². The van der Waals surface area contributed by atoms with Gasteiger partial charge in [-0.15, -0.1) is 0 Å². The Balaban J connectivity index is 2.27. The third-order valence-electron chi connectivity index (χ3n) is 2.22. The molecule has 0 amide bonds. The molecule has 0 atom stereocenters. The highest BCUT2D eigenvalue weighted by atomic mass is 16.6. The molecule has 0 bridgehead atoms. The summed E-state index contributed by atoms with van der Waals surface area (Å²) in [6.07, 6.45) is 1.54. The first-order valence-electron chi connectivity index (χ1n) is 5.29. The van der Waals surface area contributed by atoms with Crippen molar-refractivity contribution in [2.45, 2.75) is 19.3 Å². The number of non-ortho nitro benzene ring substituents is 1. The lowest BCUT2D eigenvalue weighted by Gasteiger charge is -2.04. The number of hydrogen-bond acceptors (Lipinski definition) is 4. The maximum absolute atomic E-state index is 10.4. The second-order valence-electron chi connectivity index (χ2n) is 3.58. The maximum atomic E-state index is 10.4. The van der Waals surface area contributed by atoms with Gasteiger partial charge in [-0.3, -0.25) is 14.9 Å². The summed E-state index contributed by atoms with van der Waals surface area (Å²) >= 11 is 0. The second kappa shape index (κ2) is 6.47. The molecule has 0 aliphatic rings. The van der Waals surface area contributed by atoms with Gasteiger partial charge in [-0.2, -0.15) is 0 Å². The Hall–Kier alpha value is -2.11. The Morgan fingerprint density at radius 3 is 2.47 bits per heavy atom. The molecule has 17 heavy (non-hydrogen) atoms. The van der Waals surface area contributed by atoms with Gasteiger partial charge in [0.15, 0.2) is 0 Å². The van der Waals surface area contributed by atoms with Gasteiger partial charge >= 0.3 is 5.97 Å². The molecule has 6 heteroatoms. The number of carboxylic acid groups (broad SMARTS) is 1. The van der Waals surface area contributed by atoms with E-state index in [2.05, 4.69) is 5.32 Å². The molecule has 6 nitrogen and oxygen atoms in total. The first kappa shape index (κ1) is 13.0. The zero-order chi connectivity index (χ0) is 12.7. The Labute approximate surface area is 98.4 Å². The quantitative estimate of drug-likeness (QED) is 0.432. The number of nitro benzene ring substituents is 1. The fraction of sp³-hybridized carbons (Fsp3) is 0.364. The number of nitrogens with one attached hydrogen (secondary N) is 1. The van der Waals surface area contributed by atoms with E-state index in [9.17, 15) is 14.9 Å². The number of nitro groups is 1. The molecule has 0 unspecified atom stereocenters. The van der Waals surface area contributed by atoms with Crippen LogP contribution in [0, 0.1) is 10.1 Å². The predicted octanol–water partition coefficient (Wildman–Crippen LogP) is 2.26. The highest BCUT2D eigenvalue weighted by molar-refractivity contribution is 5.66. The van der Waals surface area contributed by atoms with Crippen LogP contribution in [0.15, 0.2) is 24.3 Å². The zero-order valence-electron chi connectivity index (χ0n) is 9.26. The number of carboxylic acids is 1.